The molecule has 18 heavy (non-hydrogen) atoms. The van der Waals surface area contributed by atoms with Crippen molar-refractivity contribution in [3.05, 3.63) is 0 Å². The Morgan fingerprint density at radius 2 is 1.89 bits per heavy atom. The van der Waals surface area contributed by atoms with E-state index in [-0.39, 0.29) is 5.91 Å². The second kappa shape index (κ2) is 7.10. The molecule has 2 N–H and O–H groups in total. The van der Waals surface area contributed by atoms with Gasteiger partial charge in [-0.2, -0.15) is 0 Å². The maximum Gasteiger partial charge on any atom is 0.221 e. The number of nitrogens with one attached hydrogen (secondary N) is 2. The molecule has 0 aromatic carbocycles. The Balaban J connectivity index is 1.50. The van der Waals surface area contributed by atoms with Crippen LogP contribution < -0.4 is 10.6 Å². The normalized spacial score (nSPS) is 22.1. The Hall–Kier alpha value is -0.610. The van der Waals surface area contributed by atoms with Gasteiger partial charge in [-0.3, -0.25) is 4.79 Å². The van der Waals surface area contributed by atoms with Crippen molar-refractivity contribution >= 4 is 5.91 Å². The summed E-state index contributed by atoms with van der Waals surface area (Å²) in [5.74, 6) is 0.216. The predicted molar refractivity (Wildman–Crippen MR) is 73.5 cm³/mol. The van der Waals surface area contributed by atoms with E-state index < -0.39 is 0 Å². The molecule has 1 aliphatic heterocycles. The quantitative estimate of drug-likeness (QED) is 0.714. The van der Waals surface area contributed by atoms with Gasteiger partial charge in [-0.05, 0) is 51.7 Å². The fraction of sp³-hybridized carbons (Fsp3) is 0.929. The largest absolute Gasteiger partial charge is 0.353 e. The number of piperidine rings is 1. The van der Waals surface area contributed by atoms with Crippen molar-refractivity contribution in [1.29, 1.82) is 0 Å². The van der Waals surface area contributed by atoms with Gasteiger partial charge in [-0.15, -0.1) is 0 Å². The van der Waals surface area contributed by atoms with E-state index in [0.717, 1.165) is 6.54 Å². The smallest absolute Gasteiger partial charge is 0.221 e. The molecule has 1 aliphatic carbocycles. The minimum Gasteiger partial charge on any atom is -0.353 e. The summed E-state index contributed by atoms with van der Waals surface area (Å²) < 4.78 is 0. The van der Waals surface area contributed by atoms with Crippen molar-refractivity contribution < 1.29 is 4.79 Å². The van der Waals surface area contributed by atoms with E-state index in [1.165, 1.54) is 51.7 Å². The van der Waals surface area contributed by atoms with Gasteiger partial charge in [0.05, 0.1) is 0 Å². The Kier molecular flexibility index (Phi) is 5.45. The van der Waals surface area contributed by atoms with Gasteiger partial charge < -0.3 is 15.5 Å². The summed E-state index contributed by atoms with van der Waals surface area (Å²) in [6, 6.07) is 1.11. The van der Waals surface area contributed by atoms with Gasteiger partial charge in [0.15, 0.2) is 0 Å². The average Bonchev–Trinajstić information content (AvgIpc) is 3.16. The molecule has 0 bridgehead atoms. The zero-order valence-corrected chi connectivity index (χ0v) is 11.6. The lowest BCUT2D eigenvalue weighted by Gasteiger charge is -2.32. The zero-order chi connectivity index (χ0) is 12.8. The number of hydrogen-bond acceptors (Lipinski definition) is 3. The highest BCUT2D eigenvalue weighted by molar-refractivity contribution is 5.76. The van der Waals surface area contributed by atoms with Crippen LogP contribution >= 0.6 is 0 Å². The topological polar surface area (TPSA) is 44.4 Å². The van der Waals surface area contributed by atoms with Crippen LogP contribution in [0, 0.1) is 0 Å². The van der Waals surface area contributed by atoms with Crippen molar-refractivity contribution in [3.63, 3.8) is 0 Å². The van der Waals surface area contributed by atoms with Crippen LogP contribution in [-0.2, 0) is 4.79 Å². The van der Waals surface area contributed by atoms with E-state index in [1.807, 2.05) is 0 Å². The molecular weight excluding hydrogens is 226 g/mol. The molecule has 0 spiro atoms. The van der Waals surface area contributed by atoms with E-state index in [9.17, 15) is 4.79 Å². The number of carbonyl (C=O) groups excluding carboxylic acids is 1. The maximum absolute atomic E-state index is 11.5. The average molecular weight is 253 g/mol. The Labute approximate surface area is 110 Å². The molecule has 0 atom stereocenters. The third kappa shape index (κ3) is 4.94. The molecule has 0 radical (unpaired) electrons. The number of likely N-dealkylation sites (tertiary alicyclic amines) is 1. The van der Waals surface area contributed by atoms with Crippen molar-refractivity contribution in [2.45, 2.75) is 57.5 Å². The summed E-state index contributed by atoms with van der Waals surface area (Å²) in [6.45, 7) is 6.72. The lowest BCUT2D eigenvalue weighted by Crippen LogP contribution is -2.43. The fourth-order valence-corrected chi connectivity index (χ4v) is 2.59. The van der Waals surface area contributed by atoms with Crippen molar-refractivity contribution in [2.24, 2.45) is 0 Å². The van der Waals surface area contributed by atoms with Gasteiger partial charge in [-0.1, -0.05) is 6.92 Å². The highest BCUT2D eigenvalue weighted by Gasteiger charge is 2.23. The molecule has 2 aliphatic rings. The van der Waals surface area contributed by atoms with E-state index in [4.69, 9.17) is 0 Å². The van der Waals surface area contributed by atoms with Gasteiger partial charge in [0.1, 0.15) is 0 Å². The summed E-state index contributed by atoms with van der Waals surface area (Å²) in [5.41, 5.74) is 0. The summed E-state index contributed by atoms with van der Waals surface area (Å²) in [6.07, 6.45) is 6.68. The number of carbonyl (C=O) groups is 1. The van der Waals surface area contributed by atoms with E-state index in [1.54, 1.807) is 0 Å². The van der Waals surface area contributed by atoms with Crippen LogP contribution in [-0.4, -0.2) is 49.1 Å². The molecule has 104 valence electrons. The second-order valence-electron chi connectivity index (χ2n) is 5.66. The summed E-state index contributed by atoms with van der Waals surface area (Å²) in [5, 5.41) is 6.55. The van der Waals surface area contributed by atoms with Gasteiger partial charge in [0, 0.05) is 25.0 Å². The first-order valence-corrected chi connectivity index (χ1v) is 7.53. The van der Waals surface area contributed by atoms with Crippen molar-refractivity contribution in [1.82, 2.24) is 15.5 Å². The predicted octanol–water partition coefficient (Wildman–Crippen LogP) is 1.12. The molecule has 4 heteroatoms. The minimum absolute atomic E-state index is 0.216. The van der Waals surface area contributed by atoms with E-state index >= 15 is 0 Å². The highest BCUT2D eigenvalue weighted by atomic mass is 16.1. The molecule has 2 rings (SSSR count). The molecule has 1 saturated heterocycles. The molecule has 2 fully saturated rings. The fourth-order valence-electron chi connectivity index (χ4n) is 2.59. The van der Waals surface area contributed by atoms with E-state index in [2.05, 4.69) is 22.5 Å². The van der Waals surface area contributed by atoms with E-state index in [0.29, 0.717) is 18.5 Å². The standard InChI is InChI=1S/C14H27N3O/c1-2-9-17-10-6-12(7-11-17)15-8-5-14(18)16-13-3-4-13/h12-13,15H,2-11H2,1H3,(H,16,18). The van der Waals surface area contributed by atoms with Crippen LogP contribution in [0.1, 0.15) is 45.4 Å². The molecule has 0 aromatic heterocycles. The molecule has 1 saturated carbocycles. The molecule has 1 heterocycles. The van der Waals surface area contributed by atoms with Gasteiger partial charge in [0.25, 0.3) is 0 Å². The Morgan fingerprint density at radius 3 is 2.50 bits per heavy atom. The highest BCUT2D eigenvalue weighted by Crippen LogP contribution is 2.18. The minimum atomic E-state index is 0.216. The summed E-state index contributed by atoms with van der Waals surface area (Å²) >= 11 is 0. The van der Waals surface area contributed by atoms with Gasteiger partial charge in [0.2, 0.25) is 5.91 Å². The number of hydrogen-bond donors (Lipinski definition) is 2. The SMILES string of the molecule is CCCN1CCC(NCCC(=O)NC2CC2)CC1. The van der Waals surface area contributed by atoms with Crippen LogP contribution in [0.3, 0.4) is 0 Å². The second-order valence-corrected chi connectivity index (χ2v) is 5.66. The Morgan fingerprint density at radius 1 is 1.17 bits per heavy atom. The lowest BCUT2D eigenvalue weighted by atomic mass is 10.0. The first kappa shape index (κ1) is 13.8. The summed E-state index contributed by atoms with van der Waals surface area (Å²) in [7, 11) is 0. The molecule has 1 amide bonds. The van der Waals surface area contributed by atoms with Crippen LogP contribution in [0.25, 0.3) is 0 Å². The first-order valence-electron chi connectivity index (χ1n) is 7.53. The van der Waals surface area contributed by atoms with Crippen LogP contribution in [0.2, 0.25) is 0 Å². The molecular formula is C14H27N3O. The van der Waals surface area contributed by atoms with Gasteiger partial charge in [-0.25, -0.2) is 0 Å². The van der Waals surface area contributed by atoms with Crippen molar-refractivity contribution in [3.8, 4) is 0 Å². The summed E-state index contributed by atoms with van der Waals surface area (Å²) in [4.78, 5) is 14.1. The maximum atomic E-state index is 11.5. The van der Waals surface area contributed by atoms with Gasteiger partial charge >= 0.3 is 0 Å². The zero-order valence-electron chi connectivity index (χ0n) is 11.6. The molecule has 0 aromatic rings. The Bertz CT molecular complexity index is 258. The van der Waals surface area contributed by atoms with Crippen molar-refractivity contribution in [2.75, 3.05) is 26.2 Å². The monoisotopic (exact) mass is 253 g/mol. The first-order chi connectivity index (χ1) is 8.78. The third-order valence-electron chi connectivity index (χ3n) is 3.85. The molecule has 4 nitrogen and oxygen atoms in total. The number of rotatable bonds is 7. The van der Waals surface area contributed by atoms with Crippen LogP contribution in [0.5, 0.6) is 0 Å². The third-order valence-corrected chi connectivity index (χ3v) is 3.85. The molecule has 0 unspecified atom stereocenters. The lowest BCUT2D eigenvalue weighted by molar-refractivity contribution is -0.121. The number of nitrogens with zero attached hydrogens (tertiary/aromatic N) is 1. The van der Waals surface area contributed by atoms with Crippen LogP contribution in [0.15, 0.2) is 0 Å². The van der Waals surface area contributed by atoms with Crippen LogP contribution in [0.4, 0.5) is 0 Å². The number of amides is 1.